The SMILES string of the molecule is CCNC(=O)c1ccccc1NC(=O)c1cc(Br)ccc1OCC(C)C. The van der Waals surface area contributed by atoms with Gasteiger partial charge in [0.1, 0.15) is 5.75 Å². The van der Waals surface area contributed by atoms with Gasteiger partial charge < -0.3 is 15.4 Å². The van der Waals surface area contributed by atoms with Crippen molar-refractivity contribution in [2.45, 2.75) is 20.8 Å². The Kier molecular flexibility index (Phi) is 7.21. The predicted octanol–water partition coefficient (Wildman–Crippen LogP) is 4.49. The second-order valence-corrected chi connectivity index (χ2v) is 7.12. The zero-order valence-electron chi connectivity index (χ0n) is 15.1. The molecule has 0 unspecified atom stereocenters. The van der Waals surface area contributed by atoms with E-state index in [-0.39, 0.29) is 11.8 Å². The lowest BCUT2D eigenvalue weighted by atomic mass is 10.1. The van der Waals surface area contributed by atoms with Crippen LogP contribution in [0.3, 0.4) is 0 Å². The van der Waals surface area contributed by atoms with Crippen molar-refractivity contribution < 1.29 is 14.3 Å². The molecule has 0 fully saturated rings. The molecule has 0 atom stereocenters. The molecule has 2 N–H and O–H groups in total. The molecule has 0 aromatic heterocycles. The van der Waals surface area contributed by atoms with Crippen LogP contribution >= 0.6 is 15.9 Å². The largest absolute Gasteiger partial charge is 0.492 e. The Morgan fingerprint density at radius 1 is 1.08 bits per heavy atom. The molecule has 2 aromatic rings. The number of nitrogens with one attached hydrogen (secondary N) is 2. The van der Waals surface area contributed by atoms with Gasteiger partial charge in [-0.15, -0.1) is 0 Å². The summed E-state index contributed by atoms with van der Waals surface area (Å²) in [6.07, 6.45) is 0. The summed E-state index contributed by atoms with van der Waals surface area (Å²) in [6.45, 7) is 6.96. The van der Waals surface area contributed by atoms with Crippen molar-refractivity contribution in [1.29, 1.82) is 0 Å². The average Bonchev–Trinajstić information content (AvgIpc) is 2.61. The standard InChI is InChI=1S/C20H23BrN2O3/c1-4-22-19(24)15-7-5-6-8-17(15)23-20(25)16-11-14(21)9-10-18(16)26-12-13(2)3/h5-11,13H,4,12H2,1-3H3,(H,22,24)(H,23,25). The normalized spacial score (nSPS) is 10.5. The molecule has 0 heterocycles. The highest BCUT2D eigenvalue weighted by Crippen LogP contribution is 2.25. The Bertz CT molecular complexity index is 790. The molecule has 0 saturated carbocycles. The number of benzene rings is 2. The number of carbonyl (C=O) groups excluding carboxylic acids is 2. The van der Waals surface area contributed by atoms with Crippen molar-refractivity contribution in [1.82, 2.24) is 5.32 Å². The average molecular weight is 419 g/mol. The Hall–Kier alpha value is -2.34. The number of para-hydroxylation sites is 1. The van der Waals surface area contributed by atoms with E-state index in [1.54, 1.807) is 36.4 Å². The van der Waals surface area contributed by atoms with Gasteiger partial charge in [-0.05, 0) is 43.2 Å². The minimum absolute atomic E-state index is 0.228. The minimum Gasteiger partial charge on any atom is -0.492 e. The first kappa shape index (κ1) is 20.0. The molecular formula is C20H23BrN2O3. The van der Waals surface area contributed by atoms with Crippen molar-refractivity contribution in [3.8, 4) is 5.75 Å². The Balaban J connectivity index is 2.28. The van der Waals surface area contributed by atoms with Crippen LogP contribution in [0, 0.1) is 5.92 Å². The number of ether oxygens (including phenoxy) is 1. The van der Waals surface area contributed by atoms with Gasteiger partial charge in [0, 0.05) is 11.0 Å². The molecule has 2 aromatic carbocycles. The fourth-order valence-electron chi connectivity index (χ4n) is 2.30. The summed E-state index contributed by atoms with van der Waals surface area (Å²) >= 11 is 3.39. The van der Waals surface area contributed by atoms with Crippen LogP contribution in [0.4, 0.5) is 5.69 Å². The third kappa shape index (κ3) is 5.33. The number of anilines is 1. The van der Waals surface area contributed by atoms with Crippen LogP contribution in [0.15, 0.2) is 46.9 Å². The van der Waals surface area contributed by atoms with Crippen LogP contribution < -0.4 is 15.4 Å². The minimum atomic E-state index is -0.332. The second kappa shape index (κ2) is 9.38. The third-order valence-electron chi connectivity index (χ3n) is 3.52. The molecule has 0 saturated heterocycles. The van der Waals surface area contributed by atoms with Crippen LogP contribution in [-0.4, -0.2) is 25.0 Å². The number of carbonyl (C=O) groups is 2. The smallest absolute Gasteiger partial charge is 0.259 e. The van der Waals surface area contributed by atoms with E-state index in [0.29, 0.717) is 41.6 Å². The van der Waals surface area contributed by atoms with E-state index in [4.69, 9.17) is 4.74 Å². The van der Waals surface area contributed by atoms with E-state index < -0.39 is 0 Å². The molecule has 0 radical (unpaired) electrons. The molecule has 2 rings (SSSR count). The molecule has 0 aliphatic rings. The maximum Gasteiger partial charge on any atom is 0.259 e. The van der Waals surface area contributed by atoms with Crippen LogP contribution in [0.1, 0.15) is 41.5 Å². The first-order valence-corrected chi connectivity index (χ1v) is 9.32. The number of halogens is 1. The molecule has 2 amide bonds. The highest BCUT2D eigenvalue weighted by atomic mass is 79.9. The lowest BCUT2D eigenvalue weighted by Gasteiger charge is -2.15. The monoisotopic (exact) mass is 418 g/mol. The zero-order chi connectivity index (χ0) is 19.1. The van der Waals surface area contributed by atoms with Gasteiger partial charge in [-0.2, -0.15) is 0 Å². The van der Waals surface area contributed by atoms with Crippen molar-refractivity contribution in [2.24, 2.45) is 5.92 Å². The first-order chi connectivity index (χ1) is 12.4. The molecule has 5 nitrogen and oxygen atoms in total. The second-order valence-electron chi connectivity index (χ2n) is 6.20. The van der Waals surface area contributed by atoms with Crippen LogP contribution in [0.5, 0.6) is 5.75 Å². The highest BCUT2D eigenvalue weighted by Gasteiger charge is 2.17. The molecule has 0 bridgehead atoms. The van der Waals surface area contributed by atoms with E-state index in [1.807, 2.05) is 26.8 Å². The topological polar surface area (TPSA) is 67.4 Å². The summed E-state index contributed by atoms with van der Waals surface area (Å²) < 4.78 is 6.54. The quantitative estimate of drug-likeness (QED) is 0.695. The Morgan fingerprint density at radius 2 is 1.81 bits per heavy atom. The Morgan fingerprint density at radius 3 is 2.50 bits per heavy atom. The number of hydrogen-bond donors (Lipinski definition) is 2. The van der Waals surface area contributed by atoms with Crippen molar-refractivity contribution >= 4 is 33.4 Å². The molecule has 6 heteroatoms. The maximum atomic E-state index is 12.8. The summed E-state index contributed by atoms with van der Waals surface area (Å²) in [5.41, 5.74) is 1.28. The highest BCUT2D eigenvalue weighted by molar-refractivity contribution is 9.10. The summed E-state index contributed by atoms with van der Waals surface area (Å²) in [7, 11) is 0. The number of rotatable bonds is 7. The van der Waals surface area contributed by atoms with Gasteiger partial charge in [-0.3, -0.25) is 9.59 Å². The molecule has 0 aliphatic carbocycles. The predicted molar refractivity (Wildman–Crippen MR) is 107 cm³/mol. The molecule has 26 heavy (non-hydrogen) atoms. The van der Waals surface area contributed by atoms with E-state index >= 15 is 0 Å². The van der Waals surface area contributed by atoms with Gasteiger partial charge in [-0.1, -0.05) is 41.9 Å². The van der Waals surface area contributed by atoms with E-state index in [2.05, 4.69) is 26.6 Å². The van der Waals surface area contributed by atoms with Crippen LogP contribution in [-0.2, 0) is 0 Å². The molecular weight excluding hydrogens is 396 g/mol. The zero-order valence-corrected chi connectivity index (χ0v) is 16.7. The third-order valence-corrected chi connectivity index (χ3v) is 4.01. The van der Waals surface area contributed by atoms with E-state index in [9.17, 15) is 9.59 Å². The van der Waals surface area contributed by atoms with Gasteiger partial charge in [0.05, 0.1) is 23.4 Å². The fraction of sp³-hybridized carbons (Fsp3) is 0.300. The van der Waals surface area contributed by atoms with E-state index in [1.165, 1.54) is 0 Å². The van der Waals surface area contributed by atoms with Crippen molar-refractivity contribution in [2.75, 3.05) is 18.5 Å². The number of amides is 2. The molecule has 0 aliphatic heterocycles. The van der Waals surface area contributed by atoms with Crippen molar-refractivity contribution in [3.05, 3.63) is 58.1 Å². The summed E-state index contributed by atoms with van der Waals surface area (Å²) in [5, 5.41) is 5.57. The lowest BCUT2D eigenvalue weighted by Crippen LogP contribution is -2.25. The van der Waals surface area contributed by atoms with Gasteiger partial charge in [0.2, 0.25) is 0 Å². The van der Waals surface area contributed by atoms with Crippen molar-refractivity contribution in [3.63, 3.8) is 0 Å². The van der Waals surface area contributed by atoms with Gasteiger partial charge in [-0.25, -0.2) is 0 Å². The fourth-order valence-corrected chi connectivity index (χ4v) is 2.66. The summed E-state index contributed by atoms with van der Waals surface area (Å²) in [4.78, 5) is 25.0. The van der Waals surface area contributed by atoms with Gasteiger partial charge in [0.25, 0.3) is 11.8 Å². The van der Waals surface area contributed by atoms with E-state index in [0.717, 1.165) is 4.47 Å². The molecule has 138 valence electrons. The van der Waals surface area contributed by atoms with Crippen LogP contribution in [0.25, 0.3) is 0 Å². The number of hydrogen-bond acceptors (Lipinski definition) is 3. The Labute approximate surface area is 162 Å². The summed E-state index contributed by atoms with van der Waals surface area (Å²) in [6, 6.07) is 12.2. The van der Waals surface area contributed by atoms with Gasteiger partial charge in [0.15, 0.2) is 0 Å². The summed E-state index contributed by atoms with van der Waals surface area (Å²) in [5.74, 6) is 0.290. The maximum absolute atomic E-state index is 12.8. The van der Waals surface area contributed by atoms with Gasteiger partial charge >= 0.3 is 0 Å². The first-order valence-electron chi connectivity index (χ1n) is 8.53. The lowest BCUT2D eigenvalue weighted by molar-refractivity contribution is 0.0956. The molecule has 0 spiro atoms. The van der Waals surface area contributed by atoms with Crippen LogP contribution in [0.2, 0.25) is 0 Å².